The van der Waals surface area contributed by atoms with Crippen molar-refractivity contribution in [1.82, 2.24) is 15.1 Å². The Labute approximate surface area is 151 Å². The second-order valence-electron chi connectivity index (χ2n) is 6.75. The molecule has 2 rings (SSSR count). The van der Waals surface area contributed by atoms with E-state index >= 15 is 0 Å². The molecule has 0 saturated carbocycles. The summed E-state index contributed by atoms with van der Waals surface area (Å²) in [6.45, 7) is 6.95. The van der Waals surface area contributed by atoms with E-state index in [1.165, 1.54) is 12.5 Å². The Morgan fingerprint density at radius 3 is 2.40 bits per heavy atom. The molecule has 1 aromatic rings. The molecule has 138 valence electrons. The molecule has 1 aliphatic heterocycles. The summed E-state index contributed by atoms with van der Waals surface area (Å²) < 4.78 is 0. The van der Waals surface area contributed by atoms with Gasteiger partial charge in [-0.15, -0.1) is 0 Å². The van der Waals surface area contributed by atoms with Gasteiger partial charge >= 0.3 is 0 Å². The molecule has 0 aliphatic carbocycles. The first-order chi connectivity index (χ1) is 12.1. The molecule has 2 amide bonds. The van der Waals surface area contributed by atoms with Crippen molar-refractivity contribution in [3.63, 3.8) is 0 Å². The Hall–Kier alpha value is -1.88. The monoisotopic (exact) mass is 345 g/mol. The molecule has 1 N–H and O–H groups in total. The summed E-state index contributed by atoms with van der Waals surface area (Å²) in [6, 6.07) is 10.6. The highest BCUT2D eigenvalue weighted by Crippen LogP contribution is 2.09. The summed E-state index contributed by atoms with van der Waals surface area (Å²) in [7, 11) is 0. The summed E-state index contributed by atoms with van der Waals surface area (Å²) in [5, 5.41) is 2.79. The van der Waals surface area contributed by atoms with Crippen LogP contribution in [0.3, 0.4) is 0 Å². The Kier molecular flexibility index (Phi) is 8.46. The average Bonchev–Trinajstić information content (AvgIpc) is 2.63. The lowest BCUT2D eigenvalue weighted by Gasteiger charge is -2.34. The third-order valence-electron chi connectivity index (χ3n) is 4.73. The Morgan fingerprint density at radius 1 is 1.00 bits per heavy atom. The highest BCUT2D eigenvalue weighted by Gasteiger charge is 2.20. The highest BCUT2D eigenvalue weighted by molar-refractivity contribution is 5.76. The van der Waals surface area contributed by atoms with Gasteiger partial charge in [-0.2, -0.15) is 0 Å². The number of unbranched alkanes of at least 4 members (excludes halogenated alkanes) is 2. The molecule has 1 aliphatic rings. The Morgan fingerprint density at radius 2 is 1.72 bits per heavy atom. The van der Waals surface area contributed by atoms with Crippen molar-refractivity contribution in [3.05, 3.63) is 35.9 Å². The Balaban J connectivity index is 1.55. The standard InChI is InChI=1S/C20H31N3O2/c1-18(24)21-12-7-3-6-10-20(25)23-16-14-22(15-17-23)13-11-19-8-4-2-5-9-19/h2,4-5,8-9H,3,6-7,10-17H2,1H3,(H,21,24). The van der Waals surface area contributed by atoms with Gasteiger partial charge in [-0.25, -0.2) is 0 Å². The lowest BCUT2D eigenvalue weighted by Crippen LogP contribution is -2.49. The fraction of sp³-hybridized carbons (Fsp3) is 0.600. The molecule has 25 heavy (non-hydrogen) atoms. The summed E-state index contributed by atoms with van der Waals surface area (Å²) in [5.74, 6) is 0.295. The number of nitrogens with zero attached hydrogens (tertiary/aromatic N) is 2. The van der Waals surface area contributed by atoms with Crippen LogP contribution in [0.25, 0.3) is 0 Å². The quantitative estimate of drug-likeness (QED) is 0.697. The molecular formula is C20H31N3O2. The van der Waals surface area contributed by atoms with Gasteiger partial charge < -0.3 is 10.2 Å². The van der Waals surface area contributed by atoms with Crippen LogP contribution in [-0.4, -0.2) is 60.9 Å². The van der Waals surface area contributed by atoms with Crippen LogP contribution in [0.15, 0.2) is 30.3 Å². The fourth-order valence-corrected chi connectivity index (χ4v) is 3.15. The van der Waals surface area contributed by atoms with Gasteiger partial charge in [0.2, 0.25) is 11.8 Å². The van der Waals surface area contributed by atoms with Crippen LogP contribution >= 0.6 is 0 Å². The number of carbonyl (C=O) groups is 2. The summed E-state index contributed by atoms with van der Waals surface area (Å²) in [4.78, 5) is 27.5. The largest absolute Gasteiger partial charge is 0.356 e. The maximum absolute atomic E-state index is 12.3. The molecule has 0 spiro atoms. The zero-order valence-electron chi connectivity index (χ0n) is 15.4. The van der Waals surface area contributed by atoms with Gasteiger partial charge in [0.05, 0.1) is 0 Å². The van der Waals surface area contributed by atoms with E-state index in [2.05, 4.69) is 34.5 Å². The molecule has 0 radical (unpaired) electrons. The van der Waals surface area contributed by atoms with E-state index in [1.54, 1.807) is 0 Å². The lowest BCUT2D eigenvalue weighted by atomic mass is 10.1. The van der Waals surface area contributed by atoms with Crippen LogP contribution in [0.1, 0.15) is 38.2 Å². The van der Waals surface area contributed by atoms with E-state index in [-0.39, 0.29) is 11.8 Å². The number of benzene rings is 1. The summed E-state index contributed by atoms with van der Waals surface area (Å²) >= 11 is 0. The number of piperazine rings is 1. The van der Waals surface area contributed by atoms with E-state index in [4.69, 9.17) is 0 Å². The van der Waals surface area contributed by atoms with Gasteiger partial charge in [0.15, 0.2) is 0 Å². The predicted molar refractivity (Wildman–Crippen MR) is 100 cm³/mol. The first kappa shape index (κ1) is 19.4. The molecule has 0 bridgehead atoms. The number of rotatable bonds is 9. The molecule has 5 nitrogen and oxygen atoms in total. The fourth-order valence-electron chi connectivity index (χ4n) is 3.15. The van der Waals surface area contributed by atoms with Crippen molar-refractivity contribution < 1.29 is 9.59 Å². The topological polar surface area (TPSA) is 52.7 Å². The number of hydrogen-bond acceptors (Lipinski definition) is 3. The molecule has 0 atom stereocenters. The van der Waals surface area contributed by atoms with Crippen molar-refractivity contribution in [2.75, 3.05) is 39.3 Å². The number of carbonyl (C=O) groups excluding carboxylic acids is 2. The average molecular weight is 345 g/mol. The third-order valence-corrected chi connectivity index (χ3v) is 4.73. The molecule has 1 saturated heterocycles. The summed E-state index contributed by atoms with van der Waals surface area (Å²) in [6.07, 6.45) is 4.54. The van der Waals surface area contributed by atoms with Crippen LogP contribution in [0.4, 0.5) is 0 Å². The molecule has 1 aromatic carbocycles. The van der Waals surface area contributed by atoms with E-state index in [1.807, 2.05) is 11.0 Å². The van der Waals surface area contributed by atoms with Gasteiger partial charge in [-0.3, -0.25) is 14.5 Å². The zero-order valence-corrected chi connectivity index (χ0v) is 15.4. The second kappa shape index (κ2) is 10.9. The smallest absolute Gasteiger partial charge is 0.222 e. The van der Waals surface area contributed by atoms with E-state index < -0.39 is 0 Å². The number of nitrogens with one attached hydrogen (secondary N) is 1. The minimum absolute atomic E-state index is 0.0150. The van der Waals surface area contributed by atoms with Crippen LogP contribution in [0.5, 0.6) is 0 Å². The van der Waals surface area contributed by atoms with Crippen LogP contribution in [0.2, 0.25) is 0 Å². The van der Waals surface area contributed by atoms with Gasteiger partial charge in [0.1, 0.15) is 0 Å². The van der Waals surface area contributed by atoms with Crippen LogP contribution < -0.4 is 5.32 Å². The minimum atomic E-state index is 0.0150. The van der Waals surface area contributed by atoms with Crippen molar-refractivity contribution in [3.8, 4) is 0 Å². The molecule has 5 heteroatoms. The first-order valence-corrected chi connectivity index (χ1v) is 9.43. The molecule has 0 aromatic heterocycles. The molecular weight excluding hydrogens is 314 g/mol. The zero-order chi connectivity index (χ0) is 17.9. The summed E-state index contributed by atoms with van der Waals surface area (Å²) in [5.41, 5.74) is 1.38. The van der Waals surface area contributed by atoms with Crippen LogP contribution in [0, 0.1) is 0 Å². The molecule has 1 fully saturated rings. The third kappa shape index (κ3) is 7.69. The van der Waals surface area contributed by atoms with Gasteiger partial charge in [0, 0.05) is 52.6 Å². The number of hydrogen-bond donors (Lipinski definition) is 1. The molecule has 1 heterocycles. The Bertz CT molecular complexity index is 525. The maximum atomic E-state index is 12.3. The first-order valence-electron chi connectivity index (χ1n) is 9.43. The van der Waals surface area contributed by atoms with Crippen molar-refractivity contribution in [2.24, 2.45) is 0 Å². The van der Waals surface area contributed by atoms with Crippen molar-refractivity contribution in [2.45, 2.75) is 39.0 Å². The second-order valence-corrected chi connectivity index (χ2v) is 6.75. The van der Waals surface area contributed by atoms with Crippen molar-refractivity contribution in [1.29, 1.82) is 0 Å². The van der Waals surface area contributed by atoms with Crippen molar-refractivity contribution >= 4 is 11.8 Å². The van der Waals surface area contributed by atoms with Gasteiger partial charge in [-0.05, 0) is 24.8 Å². The van der Waals surface area contributed by atoms with E-state index in [0.717, 1.165) is 58.4 Å². The lowest BCUT2D eigenvalue weighted by molar-refractivity contribution is -0.133. The highest BCUT2D eigenvalue weighted by atomic mass is 16.2. The SMILES string of the molecule is CC(=O)NCCCCCC(=O)N1CCN(CCc2ccccc2)CC1. The van der Waals surface area contributed by atoms with Gasteiger partial charge in [0.25, 0.3) is 0 Å². The number of amides is 2. The maximum Gasteiger partial charge on any atom is 0.222 e. The van der Waals surface area contributed by atoms with E-state index in [0.29, 0.717) is 13.0 Å². The minimum Gasteiger partial charge on any atom is -0.356 e. The van der Waals surface area contributed by atoms with E-state index in [9.17, 15) is 9.59 Å². The predicted octanol–water partition coefficient (Wildman–Crippen LogP) is 2.07. The molecule has 0 unspecified atom stereocenters. The van der Waals surface area contributed by atoms with Gasteiger partial charge in [-0.1, -0.05) is 36.8 Å². The normalized spacial score (nSPS) is 15.2. The van der Waals surface area contributed by atoms with Crippen LogP contribution in [-0.2, 0) is 16.0 Å².